The monoisotopic (exact) mass is 343 g/mol. The van der Waals surface area contributed by atoms with E-state index >= 15 is 0 Å². The Morgan fingerprint density at radius 1 is 1.24 bits per heavy atom. The highest BCUT2D eigenvalue weighted by molar-refractivity contribution is 5.79. The SMILES string of the molecule is COc1ccc(OC)c(-c2n[nH]c3c2CN(C(=O)CC(C)(C)C)C3)c1. The third-order valence-corrected chi connectivity index (χ3v) is 4.35. The highest BCUT2D eigenvalue weighted by atomic mass is 16.5. The van der Waals surface area contributed by atoms with E-state index in [1.165, 1.54) is 0 Å². The van der Waals surface area contributed by atoms with Crippen LogP contribution in [0, 0.1) is 5.41 Å². The molecule has 1 aliphatic heterocycles. The van der Waals surface area contributed by atoms with Crippen molar-refractivity contribution in [3.05, 3.63) is 29.5 Å². The summed E-state index contributed by atoms with van der Waals surface area (Å²) in [6.45, 7) is 7.37. The van der Waals surface area contributed by atoms with Gasteiger partial charge in [0.05, 0.1) is 33.0 Å². The Morgan fingerprint density at radius 2 is 2.00 bits per heavy atom. The molecular formula is C19H25N3O3. The second-order valence-electron chi connectivity index (χ2n) is 7.58. The predicted molar refractivity (Wildman–Crippen MR) is 95.5 cm³/mol. The molecule has 0 unspecified atom stereocenters. The Hall–Kier alpha value is -2.50. The zero-order valence-electron chi connectivity index (χ0n) is 15.5. The lowest BCUT2D eigenvalue weighted by atomic mass is 9.91. The third-order valence-electron chi connectivity index (χ3n) is 4.35. The normalized spacial score (nSPS) is 13.7. The molecule has 1 aliphatic rings. The van der Waals surface area contributed by atoms with Crippen LogP contribution in [0.3, 0.4) is 0 Å². The minimum absolute atomic E-state index is 0.0233. The molecule has 3 rings (SSSR count). The third kappa shape index (κ3) is 3.48. The Kier molecular flexibility index (Phi) is 4.45. The summed E-state index contributed by atoms with van der Waals surface area (Å²) in [5.74, 6) is 1.64. The molecule has 0 saturated heterocycles. The van der Waals surface area contributed by atoms with Crippen molar-refractivity contribution in [1.29, 1.82) is 0 Å². The van der Waals surface area contributed by atoms with Gasteiger partial charge in [-0.3, -0.25) is 9.89 Å². The molecule has 1 aromatic heterocycles. The maximum absolute atomic E-state index is 12.5. The van der Waals surface area contributed by atoms with Crippen LogP contribution in [0.15, 0.2) is 18.2 Å². The van der Waals surface area contributed by atoms with Crippen molar-refractivity contribution in [3.8, 4) is 22.8 Å². The van der Waals surface area contributed by atoms with E-state index in [9.17, 15) is 4.79 Å². The number of ether oxygens (including phenoxy) is 2. The van der Waals surface area contributed by atoms with Crippen molar-refractivity contribution < 1.29 is 14.3 Å². The maximum atomic E-state index is 12.5. The zero-order valence-corrected chi connectivity index (χ0v) is 15.5. The molecule has 0 bridgehead atoms. The largest absolute Gasteiger partial charge is 0.497 e. The zero-order chi connectivity index (χ0) is 18.2. The number of hydrogen-bond donors (Lipinski definition) is 1. The number of fused-ring (bicyclic) bond motifs is 1. The quantitative estimate of drug-likeness (QED) is 0.924. The molecule has 0 aliphatic carbocycles. The van der Waals surface area contributed by atoms with Crippen molar-refractivity contribution in [2.45, 2.75) is 40.3 Å². The highest BCUT2D eigenvalue weighted by Crippen LogP contribution is 2.38. The number of benzene rings is 1. The molecule has 1 aromatic carbocycles. The van der Waals surface area contributed by atoms with Crippen LogP contribution in [0.4, 0.5) is 0 Å². The number of rotatable bonds is 4. The Bertz CT molecular complexity index is 790. The number of H-pyrrole nitrogens is 1. The molecule has 2 heterocycles. The lowest BCUT2D eigenvalue weighted by molar-refractivity contribution is -0.133. The average Bonchev–Trinajstić information content (AvgIpc) is 3.13. The number of methoxy groups -OCH3 is 2. The lowest BCUT2D eigenvalue weighted by Crippen LogP contribution is -2.29. The number of amides is 1. The molecule has 1 amide bonds. The fourth-order valence-corrected chi connectivity index (χ4v) is 3.10. The van der Waals surface area contributed by atoms with E-state index in [0.29, 0.717) is 19.5 Å². The van der Waals surface area contributed by atoms with Gasteiger partial charge in [-0.05, 0) is 23.6 Å². The van der Waals surface area contributed by atoms with E-state index in [2.05, 4.69) is 31.0 Å². The van der Waals surface area contributed by atoms with Crippen molar-refractivity contribution in [3.63, 3.8) is 0 Å². The van der Waals surface area contributed by atoms with Gasteiger partial charge in [-0.15, -0.1) is 0 Å². The lowest BCUT2D eigenvalue weighted by Gasteiger charge is -2.22. The minimum atomic E-state index is -0.0233. The summed E-state index contributed by atoms with van der Waals surface area (Å²) in [4.78, 5) is 14.4. The number of carbonyl (C=O) groups is 1. The molecule has 0 spiro atoms. The van der Waals surface area contributed by atoms with Gasteiger partial charge < -0.3 is 14.4 Å². The van der Waals surface area contributed by atoms with Crippen LogP contribution in [0.2, 0.25) is 0 Å². The van der Waals surface area contributed by atoms with Gasteiger partial charge in [0.25, 0.3) is 0 Å². The molecular weight excluding hydrogens is 318 g/mol. The van der Waals surface area contributed by atoms with Crippen molar-refractivity contribution in [2.75, 3.05) is 14.2 Å². The molecule has 1 N–H and O–H groups in total. The van der Waals surface area contributed by atoms with E-state index in [1.807, 2.05) is 23.1 Å². The number of nitrogens with zero attached hydrogens (tertiary/aromatic N) is 2. The van der Waals surface area contributed by atoms with E-state index in [1.54, 1.807) is 14.2 Å². The van der Waals surface area contributed by atoms with Crippen molar-refractivity contribution >= 4 is 5.91 Å². The Morgan fingerprint density at radius 3 is 2.64 bits per heavy atom. The predicted octanol–water partition coefficient (Wildman–Crippen LogP) is 3.37. The van der Waals surface area contributed by atoms with Gasteiger partial charge in [0.15, 0.2) is 0 Å². The molecule has 6 nitrogen and oxygen atoms in total. The fourth-order valence-electron chi connectivity index (χ4n) is 3.10. The number of hydrogen-bond acceptors (Lipinski definition) is 4. The first-order chi connectivity index (χ1) is 11.8. The van der Waals surface area contributed by atoms with Crippen molar-refractivity contribution in [2.24, 2.45) is 5.41 Å². The van der Waals surface area contributed by atoms with Crippen LogP contribution in [0.25, 0.3) is 11.3 Å². The summed E-state index contributed by atoms with van der Waals surface area (Å²) in [6.07, 6.45) is 0.530. The molecule has 25 heavy (non-hydrogen) atoms. The van der Waals surface area contributed by atoms with Crippen LogP contribution in [-0.4, -0.2) is 35.2 Å². The first-order valence-electron chi connectivity index (χ1n) is 8.38. The van der Waals surface area contributed by atoms with Crippen LogP contribution >= 0.6 is 0 Å². The molecule has 134 valence electrons. The number of aromatic amines is 1. The van der Waals surface area contributed by atoms with Gasteiger partial charge in [-0.25, -0.2) is 0 Å². The average molecular weight is 343 g/mol. The summed E-state index contributed by atoms with van der Waals surface area (Å²) >= 11 is 0. The first-order valence-corrected chi connectivity index (χ1v) is 8.38. The Balaban J connectivity index is 1.90. The number of carbonyl (C=O) groups excluding carboxylic acids is 1. The standard InChI is InChI=1S/C19H25N3O3/c1-19(2,3)9-17(23)22-10-14-15(11-22)20-21-18(14)13-8-12(24-4)6-7-16(13)25-5/h6-8H,9-11H2,1-5H3,(H,20,21). The van der Waals surface area contributed by atoms with Gasteiger partial charge in [-0.1, -0.05) is 20.8 Å². The second kappa shape index (κ2) is 6.43. The molecule has 0 saturated carbocycles. The molecule has 0 atom stereocenters. The van der Waals surface area contributed by atoms with E-state index < -0.39 is 0 Å². The highest BCUT2D eigenvalue weighted by Gasteiger charge is 2.31. The maximum Gasteiger partial charge on any atom is 0.223 e. The van der Waals surface area contributed by atoms with Gasteiger partial charge in [-0.2, -0.15) is 5.10 Å². The first kappa shape index (κ1) is 17.3. The Labute approximate surface area is 148 Å². The number of nitrogens with one attached hydrogen (secondary N) is 1. The molecule has 6 heteroatoms. The van der Waals surface area contributed by atoms with Crippen LogP contribution in [0.1, 0.15) is 38.4 Å². The van der Waals surface area contributed by atoms with Crippen LogP contribution in [-0.2, 0) is 17.9 Å². The van der Waals surface area contributed by atoms with Crippen LogP contribution < -0.4 is 9.47 Å². The van der Waals surface area contributed by atoms with E-state index in [0.717, 1.165) is 34.0 Å². The van der Waals surface area contributed by atoms with Gasteiger partial charge in [0, 0.05) is 17.5 Å². The van der Waals surface area contributed by atoms with Gasteiger partial charge in [0.1, 0.15) is 17.2 Å². The van der Waals surface area contributed by atoms with Gasteiger partial charge >= 0.3 is 0 Å². The molecule has 0 fully saturated rings. The summed E-state index contributed by atoms with van der Waals surface area (Å²) in [6, 6.07) is 5.63. The summed E-state index contributed by atoms with van der Waals surface area (Å²) < 4.78 is 10.8. The van der Waals surface area contributed by atoms with Crippen LogP contribution in [0.5, 0.6) is 11.5 Å². The van der Waals surface area contributed by atoms with Crippen molar-refractivity contribution in [1.82, 2.24) is 15.1 Å². The summed E-state index contributed by atoms with van der Waals surface area (Å²) in [5, 5.41) is 7.54. The van der Waals surface area contributed by atoms with E-state index in [4.69, 9.17) is 9.47 Å². The van der Waals surface area contributed by atoms with Gasteiger partial charge in [0.2, 0.25) is 5.91 Å². The summed E-state index contributed by atoms with van der Waals surface area (Å²) in [7, 11) is 3.27. The minimum Gasteiger partial charge on any atom is -0.497 e. The smallest absolute Gasteiger partial charge is 0.223 e. The number of aromatic nitrogens is 2. The summed E-state index contributed by atoms with van der Waals surface area (Å²) in [5.41, 5.74) is 3.70. The molecule has 0 radical (unpaired) electrons. The fraction of sp³-hybridized carbons (Fsp3) is 0.474. The molecule has 2 aromatic rings. The second-order valence-corrected chi connectivity index (χ2v) is 7.58. The van der Waals surface area contributed by atoms with E-state index in [-0.39, 0.29) is 11.3 Å². The topological polar surface area (TPSA) is 67.5 Å².